The Morgan fingerprint density at radius 3 is 2.10 bits per heavy atom. The molecular weight excluding hydrogens is 804 g/mol. The number of imide groups is 1. The molecule has 4 aliphatic rings. The average Bonchev–Trinajstić information content (AvgIpc) is 3.96. The maximum Gasteiger partial charge on any atom is 0.226 e. The van der Waals surface area contributed by atoms with E-state index in [-0.39, 0.29) is 23.4 Å². The van der Waals surface area contributed by atoms with Crippen LogP contribution in [0.15, 0.2) is 91.4 Å². The Bertz CT molecular complexity index is 2230. The van der Waals surface area contributed by atoms with Gasteiger partial charge in [-0.05, 0) is 105 Å². The largest absolute Gasteiger partial charge is 0.371 e. The minimum atomic E-state index is -0.366. The Kier molecular flexibility index (Phi) is 13.6. The molecule has 0 bridgehead atoms. The predicted molar refractivity (Wildman–Crippen MR) is 236 cm³/mol. The summed E-state index contributed by atoms with van der Waals surface area (Å²) in [6.07, 6.45) is 11.6. The van der Waals surface area contributed by atoms with Gasteiger partial charge in [0.2, 0.25) is 11.8 Å². The van der Waals surface area contributed by atoms with Crippen molar-refractivity contribution in [2.75, 3.05) is 73.4 Å². The van der Waals surface area contributed by atoms with Gasteiger partial charge in [-0.2, -0.15) is 5.10 Å². The number of benzene rings is 3. The van der Waals surface area contributed by atoms with E-state index >= 15 is 4.39 Å². The van der Waals surface area contributed by atoms with Crippen LogP contribution < -0.4 is 19.8 Å². The smallest absolute Gasteiger partial charge is 0.226 e. The highest BCUT2D eigenvalue weighted by Crippen LogP contribution is 2.39. The summed E-state index contributed by atoms with van der Waals surface area (Å²) in [6, 6.07) is 22.5. The Hall–Kier alpha value is -5.02. The molecule has 314 valence electrons. The highest BCUT2D eigenvalue weighted by atomic mass is 35.5. The van der Waals surface area contributed by atoms with Gasteiger partial charge in [0, 0.05) is 136 Å². The summed E-state index contributed by atoms with van der Waals surface area (Å²) in [5.74, 6) is -0.140. The number of rotatable bonds is 10. The molecule has 11 nitrogen and oxygen atoms in total. The van der Waals surface area contributed by atoms with Crippen molar-refractivity contribution in [2.24, 2.45) is 5.92 Å². The van der Waals surface area contributed by atoms with Crippen molar-refractivity contribution in [2.45, 2.75) is 44.9 Å². The molecule has 0 atom stereocenters. The predicted octanol–water partition coefficient (Wildman–Crippen LogP) is 8.46. The third kappa shape index (κ3) is 10.5. The summed E-state index contributed by atoms with van der Waals surface area (Å²) in [6.45, 7) is 9.03. The second-order valence-corrected chi connectivity index (χ2v) is 17.1. The lowest BCUT2D eigenvalue weighted by atomic mass is 9.95. The molecule has 0 radical (unpaired) electrons. The number of hydrogen-bond donors (Lipinski definition) is 2. The Morgan fingerprint density at radius 1 is 0.750 bits per heavy atom. The number of hydrogen-bond acceptors (Lipinski definition) is 10. The van der Waals surface area contributed by atoms with Gasteiger partial charge < -0.3 is 14.5 Å². The van der Waals surface area contributed by atoms with Gasteiger partial charge in [-0.1, -0.05) is 17.7 Å². The fourth-order valence-corrected chi connectivity index (χ4v) is 9.32. The molecule has 4 aliphatic heterocycles. The minimum absolute atomic E-state index is 0.138. The number of nitrogens with zero attached hydrogens (tertiary/aromatic N) is 7. The number of halogens is 3. The zero-order chi connectivity index (χ0) is 41.4. The molecule has 2 N–H and O–H groups in total. The van der Waals surface area contributed by atoms with E-state index in [4.69, 9.17) is 16.7 Å². The molecule has 0 spiro atoms. The quantitative estimate of drug-likeness (QED) is 0.105. The SMILES string of the molecule is Fc1cccc(N2CCC(CN3CCN(c4ccc(-n5cc(-c6cc(Cl)cc(NSN7CCCC7)c6F)c(-c6ccncc6)n5)cc4)CC3)CC2)c1.O=C1CCCC(=O)N1. The molecule has 5 aromatic rings. The number of aromatic nitrogens is 3. The fourth-order valence-electron chi connectivity index (χ4n) is 8.29. The molecule has 4 fully saturated rings. The van der Waals surface area contributed by atoms with E-state index in [0.29, 0.717) is 52.7 Å². The zero-order valence-corrected chi connectivity index (χ0v) is 35.1. The van der Waals surface area contributed by atoms with E-state index in [1.165, 1.54) is 23.9 Å². The van der Waals surface area contributed by atoms with Crippen LogP contribution in [-0.2, 0) is 9.59 Å². The fraction of sp³-hybridized carbons (Fsp3) is 0.378. The van der Waals surface area contributed by atoms with Crippen LogP contribution in [0.1, 0.15) is 44.9 Å². The van der Waals surface area contributed by atoms with Crippen LogP contribution >= 0.6 is 23.7 Å². The van der Waals surface area contributed by atoms with Crippen molar-refractivity contribution in [3.8, 4) is 28.1 Å². The number of piperidine rings is 2. The molecule has 2 amide bonds. The van der Waals surface area contributed by atoms with Gasteiger partial charge in [0.05, 0.1) is 11.4 Å². The highest BCUT2D eigenvalue weighted by Gasteiger charge is 2.26. The van der Waals surface area contributed by atoms with Crippen molar-refractivity contribution in [3.05, 3.63) is 108 Å². The van der Waals surface area contributed by atoms with Gasteiger partial charge in [0.25, 0.3) is 0 Å². The summed E-state index contributed by atoms with van der Waals surface area (Å²) in [4.78, 5) is 32.2. The number of pyridine rings is 1. The first kappa shape index (κ1) is 41.7. The lowest BCUT2D eigenvalue weighted by Crippen LogP contribution is -2.49. The van der Waals surface area contributed by atoms with Crippen molar-refractivity contribution < 1.29 is 18.4 Å². The lowest BCUT2D eigenvalue weighted by molar-refractivity contribution is -0.132. The van der Waals surface area contributed by atoms with E-state index in [2.05, 4.69) is 58.3 Å². The molecule has 2 aromatic heterocycles. The minimum Gasteiger partial charge on any atom is -0.371 e. The summed E-state index contributed by atoms with van der Waals surface area (Å²) in [7, 11) is 0. The first-order chi connectivity index (χ1) is 29.3. The third-order valence-electron chi connectivity index (χ3n) is 11.6. The Balaban J connectivity index is 0.000000560. The molecule has 15 heteroatoms. The Morgan fingerprint density at radius 2 is 1.43 bits per heavy atom. The van der Waals surface area contributed by atoms with E-state index in [1.54, 1.807) is 36.7 Å². The van der Waals surface area contributed by atoms with E-state index in [1.807, 2.05) is 29.1 Å². The van der Waals surface area contributed by atoms with Gasteiger partial charge in [0.15, 0.2) is 5.82 Å². The van der Waals surface area contributed by atoms with Crippen molar-refractivity contribution in [1.29, 1.82) is 0 Å². The Labute approximate surface area is 359 Å². The molecule has 3 aromatic carbocycles. The second kappa shape index (κ2) is 19.6. The molecule has 0 aliphatic carbocycles. The maximum atomic E-state index is 16.2. The molecule has 0 unspecified atom stereocenters. The topological polar surface area (TPSA) is 102 Å². The van der Waals surface area contributed by atoms with E-state index in [9.17, 15) is 14.0 Å². The molecular formula is C45H50ClF2N9O2S. The van der Waals surface area contributed by atoms with E-state index in [0.717, 1.165) is 102 Å². The summed E-state index contributed by atoms with van der Waals surface area (Å²) >= 11 is 8.01. The monoisotopic (exact) mass is 853 g/mol. The van der Waals surface area contributed by atoms with E-state index < -0.39 is 0 Å². The van der Waals surface area contributed by atoms with Gasteiger partial charge >= 0.3 is 0 Å². The summed E-state index contributed by atoms with van der Waals surface area (Å²) in [5, 5.41) is 7.63. The van der Waals surface area contributed by atoms with Crippen molar-refractivity contribution in [3.63, 3.8) is 0 Å². The van der Waals surface area contributed by atoms with Gasteiger partial charge in [-0.3, -0.25) is 24.8 Å². The van der Waals surface area contributed by atoms with Crippen LogP contribution in [0.25, 0.3) is 28.1 Å². The number of nitrogens with one attached hydrogen (secondary N) is 2. The molecule has 0 saturated carbocycles. The molecule has 9 rings (SSSR count). The first-order valence-electron chi connectivity index (χ1n) is 20.8. The highest BCUT2D eigenvalue weighted by molar-refractivity contribution is 7.98. The number of anilines is 3. The summed E-state index contributed by atoms with van der Waals surface area (Å²) < 4.78 is 37.1. The van der Waals surface area contributed by atoms with Gasteiger partial charge in [0.1, 0.15) is 11.5 Å². The molecule has 4 saturated heterocycles. The van der Waals surface area contributed by atoms with Crippen molar-refractivity contribution >= 4 is 52.6 Å². The number of carbonyl (C=O) groups is 2. The second-order valence-electron chi connectivity index (χ2n) is 15.8. The third-order valence-corrected chi connectivity index (χ3v) is 12.7. The maximum absolute atomic E-state index is 16.2. The zero-order valence-electron chi connectivity index (χ0n) is 33.5. The van der Waals surface area contributed by atoms with Crippen LogP contribution in [0.3, 0.4) is 0 Å². The summed E-state index contributed by atoms with van der Waals surface area (Å²) in [5.41, 5.74) is 5.95. The number of piperazine rings is 1. The first-order valence-corrected chi connectivity index (χ1v) is 22.0. The average molecular weight is 854 g/mol. The van der Waals surface area contributed by atoms with Gasteiger partial charge in [-0.15, -0.1) is 0 Å². The van der Waals surface area contributed by atoms with Gasteiger partial charge in [-0.25, -0.2) is 17.8 Å². The number of carbonyl (C=O) groups excluding carboxylic acids is 2. The molecule has 60 heavy (non-hydrogen) atoms. The van der Waals surface area contributed by atoms with Crippen molar-refractivity contribution in [1.82, 2.24) is 29.3 Å². The lowest BCUT2D eigenvalue weighted by Gasteiger charge is -2.40. The van der Waals surface area contributed by atoms with Crippen LogP contribution in [-0.4, -0.2) is 94.7 Å². The van der Waals surface area contributed by atoms with Crippen LogP contribution in [0.5, 0.6) is 0 Å². The number of amides is 2. The standard InChI is InChI=1S/C40H43ClF2N8S.C5H7NO2/c41-31-24-36(39(43)38(25-31)46-52-50-16-1-2-17-50)37-28-51(45-40(37)30-10-14-44-15-11-30)34-8-6-33(7-9-34)49-22-20-47(21-23-49)27-29-12-18-48(19-13-29)35-5-3-4-32(42)26-35;7-4-2-1-3-5(8)6-4/h3-11,14-15,24-26,28-29,46H,1-2,12-13,16-23,27H2;1-3H2,(H,6,7,8). The van der Waals surface area contributed by atoms with Crippen LogP contribution in [0, 0.1) is 17.6 Å². The normalized spacial score (nSPS) is 18.0. The van der Waals surface area contributed by atoms with Crippen LogP contribution in [0.4, 0.5) is 25.8 Å². The molecule has 6 heterocycles. The van der Waals surface area contributed by atoms with Crippen LogP contribution in [0.2, 0.25) is 5.02 Å².